The van der Waals surface area contributed by atoms with Gasteiger partial charge in [0, 0.05) is 16.1 Å². The second kappa shape index (κ2) is 6.63. The molecule has 1 amide bonds. The summed E-state index contributed by atoms with van der Waals surface area (Å²) in [4.78, 5) is 12.3. The van der Waals surface area contributed by atoms with Crippen LogP contribution in [0.15, 0.2) is 40.9 Å². The highest BCUT2D eigenvalue weighted by molar-refractivity contribution is 9.10. The summed E-state index contributed by atoms with van der Waals surface area (Å²) < 4.78 is 11.2. The number of hydrogen-bond acceptors (Lipinski definition) is 3. The molecule has 1 N–H and O–H groups in total. The van der Waals surface area contributed by atoms with Gasteiger partial charge in [-0.3, -0.25) is 4.79 Å². The minimum Gasteiger partial charge on any atom is -0.497 e. The van der Waals surface area contributed by atoms with Crippen molar-refractivity contribution in [2.45, 2.75) is 6.92 Å². The average molecular weight is 350 g/mol. The Hall–Kier alpha value is -2.01. The number of rotatable bonds is 4. The van der Waals surface area contributed by atoms with Crippen molar-refractivity contribution in [2.75, 3.05) is 19.5 Å². The summed E-state index contributed by atoms with van der Waals surface area (Å²) in [5.74, 6) is 1.16. The fourth-order valence-corrected chi connectivity index (χ4v) is 2.23. The van der Waals surface area contributed by atoms with Gasteiger partial charge in [0.1, 0.15) is 11.5 Å². The quantitative estimate of drug-likeness (QED) is 0.906. The van der Waals surface area contributed by atoms with Gasteiger partial charge in [-0.15, -0.1) is 0 Å². The first-order valence-electron chi connectivity index (χ1n) is 6.34. The summed E-state index contributed by atoms with van der Waals surface area (Å²) in [6.45, 7) is 1.93. The second-order valence-corrected chi connectivity index (χ2v) is 5.34. The lowest BCUT2D eigenvalue weighted by molar-refractivity contribution is 0.102. The van der Waals surface area contributed by atoms with E-state index in [4.69, 9.17) is 9.47 Å². The molecule has 2 rings (SSSR count). The van der Waals surface area contributed by atoms with Gasteiger partial charge in [0.25, 0.3) is 5.91 Å². The van der Waals surface area contributed by atoms with Gasteiger partial charge in [-0.1, -0.05) is 6.07 Å². The van der Waals surface area contributed by atoms with E-state index in [0.29, 0.717) is 22.7 Å². The molecule has 0 aliphatic rings. The molecular formula is C16H16BrNO3. The van der Waals surface area contributed by atoms with Gasteiger partial charge in [-0.05, 0) is 52.7 Å². The number of nitrogens with one attached hydrogen (secondary N) is 1. The lowest BCUT2D eigenvalue weighted by atomic mass is 10.1. The Morgan fingerprint density at radius 1 is 1.10 bits per heavy atom. The fourth-order valence-electron chi connectivity index (χ4n) is 1.88. The number of ether oxygens (including phenoxy) is 2. The maximum atomic E-state index is 12.3. The van der Waals surface area contributed by atoms with E-state index in [1.54, 1.807) is 32.4 Å². The molecule has 0 aliphatic heterocycles. The molecule has 0 radical (unpaired) electrons. The number of amides is 1. The van der Waals surface area contributed by atoms with Crippen LogP contribution in [0.4, 0.5) is 5.69 Å². The molecule has 0 bridgehead atoms. The molecule has 0 saturated carbocycles. The van der Waals surface area contributed by atoms with Gasteiger partial charge in [0.15, 0.2) is 0 Å². The van der Waals surface area contributed by atoms with E-state index in [1.807, 2.05) is 25.1 Å². The van der Waals surface area contributed by atoms with Crippen molar-refractivity contribution in [1.82, 2.24) is 0 Å². The Morgan fingerprint density at radius 3 is 2.52 bits per heavy atom. The lowest BCUT2D eigenvalue weighted by Crippen LogP contribution is -2.12. The van der Waals surface area contributed by atoms with Gasteiger partial charge in [-0.25, -0.2) is 0 Å². The third kappa shape index (κ3) is 3.55. The second-order valence-electron chi connectivity index (χ2n) is 4.48. The molecule has 0 aromatic heterocycles. The topological polar surface area (TPSA) is 47.6 Å². The zero-order valence-electron chi connectivity index (χ0n) is 12.1. The molecular weight excluding hydrogens is 334 g/mol. The number of methoxy groups -OCH3 is 2. The third-order valence-corrected chi connectivity index (χ3v) is 3.78. The van der Waals surface area contributed by atoms with Gasteiger partial charge in [0.2, 0.25) is 0 Å². The number of carbonyl (C=O) groups is 1. The monoisotopic (exact) mass is 349 g/mol. The van der Waals surface area contributed by atoms with E-state index in [2.05, 4.69) is 21.2 Å². The molecule has 4 nitrogen and oxygen atoms in total. The molecule has 0 saturated heterocycles. The SMILES string of the molecule is COc1ccc(Br)c(NC(=O)c2ccc(C)c(OC)c2)c1. The number of carbonyl (C=O) groups excluding carboxylic acids is 1. The van der Waals surface area contributed by atoms with Crippen LogP contribution in [-0.2, 0) is 0 Å². The zero-order valence-corrected chi connectivity index (χ0v) is 13.7. The first-order valence-corrected chi connectivity index (χ1v) is 7.14. The summed E-state index contributed by atoms with van der Waals surface area (Å²) in [6, 6.07) is 10.7. The van der Waals surface area contributed by atoms with Crippen molar-refractivity contribution < 1.29 is 14.3 Å². The van der Waals surface area contributed by atoms with Crippen LogP contribution in [-0.4, -0.2) is 20.1 Å². The van der Waals surface area contributed by atoms with Crippen LogP contribution in [0.25, 0.3) is 0 Å². The van der Waals surface area contributed by atoms with Crippen molar-refractivity contribution in [3.05, 3.63) is 52.0 Å². The van der Waals surface area contributed by atoms with Gasteiger partial charge in [-0.2, -0.15) is 0 Å². The largest absolute Gasteiger partial charge is 0.497 e. The van der Waals surface area contributed by atoms with Crippen molar-refractivity contribution in [2.24, 2.45) is 0 Å². The fraction of sp³-hybridized carbons (Fsp3) is 0.188. The van der Waals surface area contributed by atoms with E-state index in [-0.39, 0.29) is 5.91 Å². The predicted octanol–water partition coefficient (Wildman–Crippen LogP) is 4.03. The Kier molecular flexibility index (Phi) is 4.85. The summed E-state index contributed by atoms with van der Waals surface area (Å²) in [6.07, 6.45) is 0. The van der Waals surface area contributed by atoms with E-state index >= 15 is 0 Å². The van der Waals surface area contributed by atoms with Crippen molar-refractivity contribution in [3.8, 4) is 11.5 Å². The van der Waals surface area contributed by atoms with Crippen molar-refractivity contribution in [1.29, 1.82) is 0 Å². The highest BCUT2D eigenvalue weighted by Gasteiger charge is 2.11. The van der Waals surface area contributed by atoms with E-state index in [0.717, 1.165) is 10.0 Å². The highest BCUT2D eigenvalue weighted by Crippen LogP contribution is 2.28. The molecule has 21 heavy (non-hydrogen) atoms. The molecule has 0 atom stereocenters. The van der Waals surface area contributed by atoms with Crippen LogP contribution in [0.3, 0.4) is 0 Å². The van der Waals surface area contributed by atoms with E-state index in [9.17, 15) is 4.79 Å². The van der Waals surface area contributed by atoms with E-state index < -0.39 is 0 Å². The van der Waals surface area contributed by atoms with Crippen LogP contribution in [0, 0.1) is 6.92 Å². The molecule has 0 aliphatic carbocycles. The Bertz CT molecular complexity index is 671. The number of benzene rings is 2. The van der Waals surface area contributed by atoms with E-state index in [1.165, 1.54) is 0 Å². The van der Waals surface area contributed by atoms with Crippen LogP contribution >= 0.6 is 15.9 Å². The molecule has 2 aromatic rings. The number of halogens is 1. The van der Waals surface area contributed by atoms with Crippen molar-refractivity contribution >= 4 is 27.5 Å². The predicted molar refractivity (Wildman–Crippen MR) is 86.4 cm³/mol. The van der Waals surface area contributed by atoms with Gasteiger partial charge in [0.05, 0.1) is 19.9 Å². The van der Waals surface area contributed by atoms with Crippen LogP contribution in [0.2, 0.25) is 0 Å². The average Bonchev–Trinajstić information content (AvgIpc) is 2.49. The van der Waals surface area contributed by atoms with Crippen molar-refractivity contribution in [3.63, 3.8) is 0 Å². The number of hydrogen-bond donors (Lipinski definition) is 1. The normalized spacial score (nSPS) is 10.1. The lowest BCUT2D eigenvalue weighted by Gasteiger charge is -2.11. The van der Waals surface area contributed by atoms with Crippen LogP contribution in [0.5, 0.6) is 11.5 Å². The first kappa shape index (κ1) is 15.4. The van der Waals surface area contributed by atoms with Gasteiger partial charge >= 0.3 is 0 Å². The summed E-state index contributed by atoms with van der Waals surface area (Å²) >= 11 is 3.41. The van der Waals surface area contributed by atoms with Gasteiger partial charge < -0.3 is 14.8 Å². The number of anilines is 1. The minimum absolute atomic E-state index is 0.206. The summed E-state index contributed by atoms with van der Waals surface area (Å²) in [7, 11) is 3.17. The van der Waals surface area contributed by atoms with Crippen LogP contribution < -0.4 is 14.8 Å². The molecule has 5 heteroatoms. The zero-order chi connectivity index (χ0) is 15.4. The molecule has 0 spiro atoms. The Morgan fingerprint density at radius 2 is 1.86 bits per heavy atom. The smallest absolute Gasteiger partial charge is 0.255 e. The minimum atomic E-state index is -0.206. The number of aryl methyl sites for hydroxylation is 1. The summed E-state index contributed by atoms with van der Waals surface area (Å²) in [5.41, 5.74) is 2.17. The Balaban J connectivity index is 2.25. The molecule has 110 valence electrons. The van der Waals surface area contributed by atoms with Crippen LogP contribution in [0.1, 0.15) is 15.9 Å². The molecule has 0 unspecified atom stereocenters. The summed E-state index contributed by atoms with van der Waals surface area (Å²) in [5, 5.41) is 2.85. The molecule has 0 heterocycles. The standard InChI is InChI=1S/C16H16BrNO3/c1-10-4-5-11(8-15(10)21-3)16(19)18-14-9-12(20-2)6-7-13(14)17/h4-9H,1-3H3,(H,18,19). The Labute approximate surface area is 132 Å². The third-order valence-electron chi connectivity index (χ3n) is 3.09. The molecule has 2 aromatic carbocycles. The first-order chi connectivity index (χ1) is 10.0. The molecule has 0 fully saturated rings. The maximum absolute atomic E-state index is 12.3. The highest BCUT2D eigenvalue weighted by atomic mass is 79.9. The maximum Gasteiger partial charge on any atom is 0.255 e.